The van der Waals surface area contributed by atoms with E-state index in [1.165, 1.54) is 11.3 Å². The smallest absolute Gasteiger partial charge is 0.338 e. The van der Waals surface area contributed by atoms with E-state index in [4.69, 9.17) is 23.7 Å². The summed E-state index contributed by atoms with van der Waals surface area (Å²) in [5, 5.41) is 0. The number of benzene rings is 2. The van der Waals surface area contributed by atoms with Crippen molar-refractivity contribution in [1.29, 1.82) is 0 Å². The summed E-state index contributed by atoms with van der Waals surface area (Å²) in [6.07, 6.45) is 4.78. The van der Waals surface area contributed by atoms with Crippen LogP contribution in [0, 0.1) is 0 Å². The third-order valence-corrected chi connectivity index (χ3v) is 7.88. The molecule has 43 heavy (non-hydrogen) atoms. The number of thiazole rings is 1. The van der Waals surface area contributed by atoms with Gasteiger partial charge in [0.1, 0.15) is 0 Å². The molecule has 0 aliphatic carbocycles. The molecular formula is C33H40N2O7S. The number of allylic oxidation sites excluding steroid dienone is 1. The number of esters is 1. The monoisotopic (exact) mass is 608 g/mol. The lowest BCUT2D eigenvalue weighted by molar-refractivity contribution is -0.139. The Hall–Kier alpha value is -4.05. The van der Waals surface area contributed by atoms with Gasteiger partial charge in [0.15, 0.2) is 27.8 Å². The highest BCUT2D eigenvalue weighted by Crippen LogP contribution is 2.37. The van der Waals surface area contributed by atoms with E-state index in [1.54, 1.807) is 50.8 Å². The molecule has 2 aromatic carbocycles. The van der Waals surface area contributed by atoms with Gasteiger partial charge in [-0.05, 0) is 64.0 Å². The van der Waals surface area contributed by atoms with Gasteiger partial charge in [-0.15, -0.1) is 0 Å². The minimum Gasteiger partial charge on any atom is -0.493 e. The van der Waals surface area contributed by atoms with Crippen LogP contribution in [0.2, 0.25) is 0 Å². The zero-order valence-electron chi connectivity index (χ0n) is 25.9. The highest BCUT2D eigenvalue weighted by molar-refractivity contribution is 7.07. The molecule has 10 heteroatoms. The van der Waals surface area contributed by atoms with E-state index in [9.17, 15) is 9.59 Å². The molecule has 0 amide bonds. The van der Waals surface area contributed by atoms with Crippen molar-refractivity contribution < 1.29 is 28.5 Å². The molecule has 9 nitrogen and oxygen atoms in total. The summed E-state index contributed by atoms with van der Waals surface area (Å²) in [7, 11) is 3.15. The van der Waals surface area contributed by atoms with Gasteiger partial charge in [-0.3, -0.25) is 9.36 Å². The Kier molecular flexibility index (Phi) is 10.7. The maximum atomic E-state index is 14.1. The summed E-state index contributed by atoms with van der Waals surface area (Å²) in [6, 6.07) is 10.2. The van der Waals surface area contributed by atoms with Crippen LogP contribution >= 0.6 is 11.3 Å². The lowest BCUT2D eigenvalue weighted by atomic mass is 9.95. The average Bonchev–Trinajstić information content (AvgIpc) is 3.28. The zero-order chi connectivity index (χ0) is 31.1. The third-order valence-electron chi connectivity index (χ3n) is 6.89. The lowest BCUT2D eigenvalue weighted by Gasteiger charge is -2.25. The van der Waals surface area contributed by atoms with Crippen LogP contribution in [0.15, 0.2) is 57.5 Å². The van der Waals surface area contributed by atoms with Gasteiger partial charge in [0.25, 0.3) is 5.56 Å². The number of hydrogen-bond acceptors (Lipinski definition) is 9. The quantitative estimate of drug-likeness (QED) is 0.195. The Morgan fingerprint density at radius 1 is 1.07 bits per heavy atom. The van der Waals surface area contributed by atoms with E-state index in [0.29, 0.717) is 55.8 Å². The number of hydrogen-bond donors (Lipinski definition) is 0. The second-order valence-corrected chi connectivity index (χ2v) is 11.3. The molecule has 3 aromatic rings. The van der Waals surface area contributed by atoms with E-state index in [1.807, 2.05) is 38.1 Å². The third kappa shape index (κ3) is 6.96. The topological polar surface area (TPSA) is 97.6 Å². The van der Waals surface area contributed by atoms with Gasteiger partial charge in [0, 0.05) is 5.56 Å². The number of fused-ring (bicyclic) bond motifs is 1. The fraction of sp³-hybridized carbons (Fsp3) is 0.424. The average molecular weight is 609 g/mol. The highest BCUT2D eigenvalue weighted by atomic mass is 32.1. The van der Waals surface area contributed by atoms with Crippen molar-refractivity contribution in [3.8, 4) is 23.0 Å². The fourth-order valence-corrected chi connectivity index (χ4v) is 5.98. The van der Waals surface area contributed by atoms with Crippen molar-refractivity contribution in [2.45, 2.75) is 66.0 Å². The zero-order valence-corrected chi connectivity index (χ0v) is 26.7. The van der Waals surface area contributed by atoms with Crippen LogP contribution in [-0.2, 0) is 9.53 Å². The first-order chi connectivity index (χ1) is 20.7. The molecule has 1 aromatic heterocycles. The molecule has 0 bridgehead atoms. The van der Waals surface area contributed by atoms with Gasteiger partial charge in [-0.1, -0.05) is 49.3 Å². The first-order valence-corrected chi connectivity index (χ1v) is 15.4. The number of ether oxygens (including phenoxy) is 5. The van der Waals surface area contributed by atoms with Crippen LogP contribution in [0.1, 0.15) is 71.0 Å². The Bertz CT molecular complexity index is 1670. The number of aromatic nitrogens is 1. The predicted octanol–water partition coefficient (Wildman–Crippen LogP) is 5.17. The number of nitrogens with zero attached hydrogens (tertiary/aromatic N) is 2. The number of methoxy groups -OCH3 is 2. The van der Waals surface area contributed by atoms with Gasteiger partial charge in [0.2, 0.25) is 0 Å². The van der Waals surface area contributed by atoms with Crippen molar-refractivity contribution in [2.24, 2.45) is 4.99 Å². The largest absolute Gasteiger partial charge is 0.493 e. The molecule has 1 unspecified atom stereocenters. The van der Waals surface area contributed by atoms with Gasteiger partial charge in [-0.2, -0.15) is 0 Å². The maximum absolute atomic E-state index is 14.1. The van der Waals surface area contributed by atoms with E-state index in [2.05, 4.69) is 11.9 Å². The number of unbranched alkanes of at least 4 members (excludes halogenated alkanes) is 2. The van der Waals surface area contributed by atoms with Crippen LogP contribution < -0.4 is 33.8 Å². The number of carbonyl (C=O) groups excluding carboxylic acids is 1. The molecule has 1 aliphatic heterocycles. The lowest BCUT2D eigenvalue weighted by Crippen LogP contribution is -2.40. The molecule has 0 radical (unpaired) electrons. The van der Waals surface area contributed by atoms with Gasteiger partial charge in [-0.25, -0.2) is 9.79 Å². The van der Waals surface area contributed by atoms with E-state index >= 15 is 0 Å². The normalized spacial score (nSPS) is 14.8. The summed E-state index contributed by atoms with van der Waals surface area (Å²) in [6.45, 7) is 10.2. The minimum absolute atomic E-state index is 0.0632. The SMILES string of the molecule is CCCCCOc1c(C=c2sc3n(c2=O)C(c2ccc(OC(C)C)c(OC)c2)C(C(=O)OCC)=C(C)N=3)cccc1OC. The van der Waals surface area contributed by atoms with E-state index in [0.717, 1.165) is 24.8 Å². The first kappa shape index (κ1) is 31.9. The fourth-order valence-electron chi connectivity index (χ4n) is 4.94. The molecule has 0 saturated heterocycles. The summed E-state index contributed by atoms with van der Waals surface area (Å²) in [4.78, 5) is 32.6. The molecule has 0 saturated carbocycles. The standard InChI is InChI=1S/C33H40N2O7S/c1-8-10-11-17-41-30-23(13-12-14-25(30)38-6)19-27-31(36)35-29(22-15-16-24(42-20(3)4)26(18-22)39-7)28(32(37)40-9-2)21(5)34-33(35)43-27/h12-16,18-20,29H,8-11,17H2,1-7H3. The van der Waals surface area contributed by atoms with Crippen LogP contribution in [0.5, 0.6) is 23.0 Å². The van der Waals surface area contributed by atoms with Crippen molar-refractivity contribution in [3.63, 3.8) is 0 Å². The van der Waals surface area contributed by atoms with Crippen molar-refractivity contribution >= 4 is 23.4 Å². The van der Waals surface area contributed by atoms with Gasteiger partial charge in [0.05, 0.1) is 55.4 Å². The van der Waals surface area contributed by atoms with Crippen LogP contribution in [0.25, 0.3) is 6.08 Å². The molecule has 4 rings (SSSR count). The Morgan fingerprint density at radius 3 is 2.51 bits per heavy atom. The molecule has 230 valence electrons. The Morgan fingerprint density at radius 2 is 1.84 bits per heavy atom. The molecule has 0 N–H and O–H groups in total. The molecule has 2 heterocycles. The van der Waals surface area contributed by atoms with E-state index < -0.39 is 12.0 Å². The molecule has 0 spiro atoms. The number of rotatable bonds is 13. The van der Waals surface area contributed by atoms with Crippen LogP contribution in [0.4, 0.5) is 0 Å². The maximum Gasteiger partial charge on any atom is 0.338 e. The second-order valence-electron chi connectivity index (χ2n) is 10.3. The van der Waals surface area contributed by atoms with Crippen LogP contribution in [-0.4, -0.2) is 44.1 Å². The second kappa shape index (κ2) is 14.4. The van der Waals surface area contributed by atoms with Crippen LogP contribution in [0.3, 0.4) is 0 Å². The Balaban J connectivity index is 1.90. The molecule has 0 fully saturated rings. The minimum atomic E-state index is -0.783. The van der Waals surface area contributed by atoms with E-state index in [-0.39, 0.29) is 18.3 Å². The Labute approximate surface area is 256 Å². The molecule has 1 aliphatic rings. The van der Waals surface area contributed by atoms with Gasteiger partial charge < -0.3 is 23.7 Å². The molecule has 1 atom stereocenters. The number of para-hydroxylation sites is 1. The predicted molar refractivity (Wildman–Crippen MR) is 167 cm³/mol. The summed E-state index contributed by atoms with van der Waals surface area (Å²) in [5.41, 5.74) is 1.88. The summed E-state index contributed by atoms with van der Waals surface area (Å²) < 4.78 is 30.7. The number of carbonyl (C=O) groups is 1. The highest BCUT2D eigenvalue weighted by Gasteiger charge is 2.34. The first-order valence-electron chi connectivity index (χ1n) is 14.6. The van der Waals surface area contributed by atoms with Crippen molar-refractivity contribution in [3.05, 3.63) is 78.5 Å². The van der Waals surface area contributed by atoms with Gasteiger partial charge >= 0.3 is 5.97 Å². The van der Waals surface area contributed by atoms with Crippen molar-refractivity contribution in [2.75, 3.05) is 27.4 Å². The summed E-state index contributed by atoms with van der Waals surface area (Å²) in [5.74, 6) is 1.70. The summed E-state index contributed by atoms with van der Waals surface area (Å²) >= 11 is 1.25. The molecular weight excluding hydrogens is 568 g/mol. The van der Waals surface area contributed by atoms with Crippen molar-refractivity contribution in [1.82, 2.24) is 4.57 Å².